The lowest BCUT2D eigenvalue weighted by Crippen LogP contribution is -2.30. The third-order valence-electron chi connectivity index (χ3n) is 9.02. The van der Waals surface area contributed by atoms with Crippen molar-refractivity contribution in [1.82, 2.24) is 0 Å². The Morgan fingerprint density at radius 3 is 1.71 bits per heavy atom. The number of ether oxygens (including phenoxy) is 2. The van der Waals surface area contributed by atoms with E-state index in [2.05, 4.69) is 10.2 Å². The largest absolute Gasteiger partial charge is 0.490 e. The number of hydrazone groups is 2. The van der Waals surface area contributed by atoms with E-state index < -0.39 is 32.1 Å². The highest BCUT2D eigenvalue weighted by atomic mass is 32.2. The van der Waals surface area contributed by atoms with Gasteiger partial charge in [-0.3, -0.25) is 18.7 Å². The van der Waals surface area contributed by atoms with E-state index in [4.69, 9.17) is 9.47 Å². The standard InChI is InChI=1S/C40H40N4O10S2/c1-25(2)37-35(39(45)43(41-37)29-7-5-9-33(23-29)55(47,48)49)21-27-11-15-31(16-12-27)53-19-20-54-32-17-13-28(14-18-32)22-36-38(26(3)4)42-44(40(36)46)30-8-6-10-34(24-30)56(50,51)52/h5-18,21,23-26,36H,19-20,22H2,1-4H3,(H,47,48,49)(H,50,51,52)/b35-21+. The number of anilines is 2. The van der Waals surface area contributed by atoms with Crippen LogP contribution in [0.25, 0.3) is 6.08 Å². The van der Waals surface area contributed by atoms with Crippen LogP contribution in [0.2, 0.25) is 0 Å². The Labute approximate surface area is 325 Å². The molecule has 0 saturated heterocycles. The number of benzene rings is 4. The van der Waals surface area contributed by atoms with Gasteiger partial charge in [-0.25, -0.2) is 5.01 Å². The van der Waals surface area contributed by atoms with Crippen molar-refractivity contribution in [2.75, 3.05) is 23.2 Å². The zero-order chi connectivity index (χ0) is 40.4. The summed E-state index contributed by atoms with van der Waals surface area (Å²) in [6, 6.07) is 25.4. The first-order chi connectivity index (χ1) is 26.5. The predicted molar refractivity (Wildman–Crippen MR) is 211 cm³/mol. The quantitative estimate of drug-likeness (QED) is 0.0831. The maximum Gasteiger partial charge on any atom is 0.294 e. The van der Waals surface area contributed by atoms with Crippen LogP contribution < -0.4 is 19.5 Å². The number of amides is 2. The van der Waals surface area contributed by atoms with Crippen molar-refractivity contribution in [3.05, 3.63) is 114 Å². The summed E-state index contributed by atoms with van der Waals surface area (Å²) in [5.41, 5.74) is 3.64. The van der Waals surface area contributed by atoms with E-state index in [9.17, 15) is 35.5 Å². The molecular weight excluding hydrogens is 761 g/mol. The Morgan fingerprint density at radius 1 is 0.696 bits per heavy atom. The maximum atomic E-state index is 13.5. The fourth-order valence-corrected chi connectivity index (χ4v) is 7.27. The summed E-state index contributed by atoms with van der Waals surface area (Å²) in [5, 5.41) is 11.3. The Bertz CT molecular complexity index is 2460. The molecule has 2 aliphatic heterocycles. The lowest BCUT2D eigenvalue weighted by Gasteiger charge is -2.16. The van der Waals surface area contributed by atoms with E-state index in [0.29, 0.717) is 34.9 Å². The second-order valence-corrected chi connectivity index (χ2v) is 16.6. The summed E-state index contributed by atoms with van der Waals surface area (Å²) < 4.78 is 77.3. The highest BCUT2D eigenvalue weighted by Gasteiger charge is 2.38. The summed E-state index contributed by atoms with van der Waals surface area (Å²) in [5.74, 6) is -0.224. The van der Waals surface area contributed by atoms with Crippen molar-refractivity contribution < 1.29 is 45.0 Å². The average Bonchev–Trinajstić information content (AvgIpc) is 3.66. The van der Waals surface area contributed by atoms with Crippen LogP contribution in [0.5, 0.6) is 11.5 Å². The fourth-order valence-electron chi connectivity index (χ4n) is 6.23. The molecule has 2 N–H and O–H groups in total. The van der Waals surface area contributed by atoms with Crippen molar-refractivity contribution >= 4 is 60.9 Å². The molecule has 0 fully saturated rings. The lowest BCUT2D eigenvalue weighted by atomic mass is 9.89. The van der Waals surface area contributed by atoms with Gasteiger partial charge in [0.25, 0.3) is 32.1 Å². The average molecular weight is 801 g/mol. The number of nitrogens with zero attached hydrogens (tertiary/aromatic N) is 4. The van der Waals surface area contributed by atoms with Gasteiger partial charge < -0.3 is 9.47 Å². The molecule has 56 heavy (non-hydrogen) atoms. The van der Waals surface area contributed by atoms with Crippen LogP contribution in [0.3, 0.4) is 0 Å². The normalized spacial score (nSPS) is 16.9. The summed E-state index contributed by atoms with van der Waals surface area (Å²) >= 11 is 0. The van der Waals surface area contributed by atoms with Gasteiger partial charge in [0.05, 0.1) is 44.1 Å². The fraction of sp³-hybridized carbons (Fsp3) is 0.250. The molecule has 0 radical (unpaired) electrons. The third kappa shape index (κ3) is 9.05. The van der Waals surface area contributed by atoms with Crippen LogP contribution in [0, 0.1) is 17.8 Å². The Kier molecular flexibility index (Phi) is 11.6. The van der Waals surface area contributed by atoms with Crippen LogP contribution in [-0.2, 0) is 36.2 Å². The minimum Gasteiger partial charge on any atom is -0.490 e. The smallest absolute Gasteiger partial charge is 0.294 e. The summed E-state index contributed by atoms with van der Waals surface area (Å²) in [7, 11) is -8.92. The van der Waals surface area contributed by atoms with E-state index in [1.807, 2.05) is 52.0 Å². The van der Waals surface area contributed by atoms with Crippen LogP contribution >= 0.6 is 0 Å². The number of hydrogen-bond acceptors (Lipinski definition) is 10. The van der Waals surface area contributed by atoms with Crippen molar-refractivity contribution in [1.29, 1.82) is 0 Å². The molecule has 2 heterocycles. The van der Waals surface area contributed by atoms with E-state index in [1.165, 1.54) is 47.5 Å². The molecule has 0 saturated carbocycles. The first kappa shape index (κ1) is 40.0. The summed E-state index contributed by atoms with van der Waals surface area (Å²) in [4.78, 5) is 26.3. The van der Waals surface area contributed by atoms with Crippen molar-refractivity contribution in [2.24, 2.45) is 28.0 Å². The van der Waals surface area contributed by atoms with Gasteiger partial charge in [-0.1, -0.05) is 64.1 Å². The van der Waals surface area contributed by atoms with Crippen molar-refractivity contribution in [2.45, 2.75) is 43.9 Å². The number of rotatable bonds is 14. The van der Waals surface area contributed by atoms with E-state index in [1.54, 1.807) is 36.4 Å². The summed E-state index contributed by atoms with van der Waals surface area (Å²) in [6.45, 7) is 8.18. The van der Waals surface area contributed by atoms with Gasteiger partial charge in [0, 0.05) is 0 Å². The molecule has 2 aliphatic rings. The third-order valence-corrected chi connectivity index (χ3v) is 10.7. The van der Waals surface area contributed by atoms with Gasteiger partial charge in [-0.05, 0) is 96.1 Å². The van der Waals surface area contributed by atoms with E-state index >= 15 is 0 Å². The van der Waals surface area contributed by atoms with E-state index in [0.717, 1.165) is 16.1 Å². The molecule has 1 unspecified atom stereocenters. The minimum atomic E-state index is -4.47. The Hall–Kier alpha value is -5.68. The molecule has 0 spiro atoms. The SMILES string of the molecule is CC(C)C1=NN(c2cccc(S(=O)(=O)O)c2)C(=O)/C1=C/c1ccc(OCCOc2ccc(CC3C(=O)N(c4cccc(S(=O)(=O)O)c4)N=C3C(C)C)cc2)cc1. The van der Waals surface area contributed by atoms with Crippen LogP contribution in [0.1, 0.15) is 38.8 Å². The topological polar surface area (TPSA) is 193 Å². The molecular formula is C40H40N4O10S2. The van der Waals surface area contributed by atoms with Crippen LogP contribution in [0.4, 0.5) is 11.4 Å². The molecule has 6 rings (SSSR count). The number of hydrogen-bond donors (Lipinski definition) is 2. The van der Waals surface area contributed by atoms with Crippen LogP contribution in [-0.4, -0.2) is 62.4 Å². The second kappa shape index (κ2) is 16.2. The highest BCUT2D eigenvalue weighted by molar-refractivity contribution is 7.86. The molecule has 0 aromatic heterocycles. The molecule has 16 heteroatoms. The lowest BCUT2D eigenvalue weighted by molar-refractivity contribution is -0.119. The van der Waals surface area contributed by atoms with Crippen LogP contribution in [0.15, 0.2) is 123 Å². The molecule has 0 bridgehead atoms. The maximum absolute atomic E-state index is 13.5. The van der Waals surface area contributed by atoms with Gasteiger partial charge in [0.15, 0.2) is 0 Å². The minimum absolute atomic E-state index is 0.0436. The monoisotopic (exact) mass is 800 g/mol. The Morgan fingerprint density at radius 2 is 1.21 bits per heavy atom. The first-order valence-corrected chi connectivity index (χ1v) is 20.5. The van der Waals surface area contributed by atoms with Gasteiger partial charge in [-0.2, -0.15) is 32.0 Å². The van der Waals surface area contributed by atoms with Gasteiger partial charge >= 0.3 is 0 Å². The van der Waals surface area contributed by atoms with E-state index in [-0.39, 0.29) is 52.1 Å². The number of carbonyl (C=O) groups is 2. The molecule has 4 aromatic rings. The zero-order valence-corrected chi connectivity index (χ0v) is 32.6. The van der Waals surface area contributed by atoms with Gasteiger partial charge in [-0.15, -0.1) is 0 Å². The molecule has 4 aromatic carbocycles. The first-order valence-electron chi connectivity index (χ1n) is 17.7. The predicted octanol–water partition coefficient (Wildman–Crippen LogP) is 6.30. The number of carbonyl (C=O) groups excluding carboxylic acids is 2. The van der Waals surface area contributed by atoms with Crippen molar-refractivity contribution in [3.63, 3.8) is 0 Å². The van der Waals surface area contributed by atoms with Gasteiger partial charge in [0.1, 0.15) is 24.7 Å². The second-order valence-electron chi connectivity index (χ2n) is 13.8. The van der Waals surface area contributed by atoms with Crippen molar-refractivity contribution in [3.8, 4) is 11.5 Å². The van der Waals surface area contributed by atoms with Gasteiger partial charge in [0.2, 0.25) is 0 Å². The molecule has 0 aliphatic carbocycles. The molecule has 14 nitrogen and oxygen atoms in total. The summed E-state index contributed by atoms with van der Waals surface area (Å²) in [6.07, 6.45) is 2.09. The Balaban J connectivity index is 1.02. The molecule has 2 amide bonds. The highest BCUT2D eigenvalue weighted by Crippen LogP contribution is 2.32. The zero-order valence-electron chi connectivity index (χ0n) is 30.9. The molecule has 292 valence electrons. The molecule has 1 atom stereocenters.